The highest BCUT2D eigenvalue weighted by molar-refractivity contribution is 6.10. The van der Waals surface area contributed by atoms with Crippen molar-refractivity contribution in [3.8, 4) is 22.8 Å². The Labute approximate surface area is 236 Å². The fourth-order valence-corrected chi connectivity index (χ4v) is 5.56. The number of ether oxygens (including phenoxy) is 1. The van der Waals surface area contributed by atoms with Crippen molar-refractivity contribution < 1.29 is 9.15 Å². The number of rotatable bonds is 4. The van der Waals surface area contributed by atoms with Gasteiger partial charge in [-0.3, -0.25) is 4.98 Å². The molecule has 8 rings (SSSR count). The van der Waals surface area contributed by atoms with Crippen LogP contribution in [0, 0.1) is 0 Å². The molecule has 0 spiro atoms. The number of anilines is 3. The van der Waals surface area contributed by atoms with Crippen LogP contribution in [0.4, 0.5) is 17.1 Å². The number of pyridine rings is 2. The van der Waals surface area contributed by atoms with Crippen LogP contribution < -0.4 is 9.64 Å². The van der Waals surface area contributed by atoms with Crippen molar-refractivity contribution in [2.24, 2.45) is 0 Å². The molecule has 0 amide bonds. The molecule has 4 heterocycles. The summed E-state index contributed by atoms with van der Waals surface area (Å²) >= 11 is 0. The molecule has 0 saturated carbocycles. The Morgan fingerprint density at radius 1 is 0.610 bits per heavy atom. The average Bonchev–Trinajstić information content (AvgIpc) is 3.33. The van der Waals surface area contributed by atoms with Crippen LogP contribution >= 0.6 is 0 Å². The predicted octanol–water partition coefficient (Wildman–Crippen LogP) is 9.79. The zero-order chi connectivity index (χ0) is 27.2. The highest BCUT2D eigenvalue weighted by Gasteiger charge is 2.22. The highest BCUT2D eigenvalue weighted by atomic mass is 16.5. The molecule has 5 nitrogen and oxygen atoms in total. The van der Waals surface area contributed by atoms with Gasteiger partial charge in [-0.25, -0.2) is 4.98 Å². The van der Waals surface area contributed by atoms with Gasteiger partial charge in [-0.2, -0.15) is 0 Å². The molecule has 0 radical (unpaired) electrons. The summed E-state index contributed by atoms with van der Waals surface area (Å²) in [6.45, 7) is 0. The van der Waals surface area contributed by atoms with Crippen molar-refractivity contribution in [2.45, 2.75) is 0 Å². The third kappa shape index (κ3) is 4.03. The molecule has 3 aromatic heterocycles. The Kier molecular flexibility index (Phi) is 5.38. The predicted molar refractivity (Wildman–Crippen MR) is 165 cm³/mol. The van der Waals surface area contributed by atoms with Gasteiger partial charge < -0.3 is 14.1 Å². The first-order chi connectivity index (χ1) is 20.3. The van der Waals surface area contributed by atoms with E-state index < -0.39 is 0 Å². The van der Waals surface area contributed by atoms with Gasteiger partial charge in [-0.1, -0.05) is 60.7 Å². The maximum absolute atomic E-state index is 6.15. The van der Waals surface area contributed by atoms with Gasteiger partial charge in [0.1, 0.15) is 16.8 Å². The number of benzene rings is 4. The molecule has 1 aliphatic rings. The Balaban J connectivity index is 1.31. The summed E-state index contributed by atoms with van der Waals surface area (Å²) in [6, 6.07) is 38.9. The van der Waals surface area contributed by atoms with Gasteiger partial charge >= 0.3 is 0 Å². The molecule has 7 aromatic rings. The molecule has 0 aliphatic carbocycles. The van der Waals surface area contributed by atoms with Crippen LogP contribution in [0.15, 0.2) is 132 Å². The van der Waals surface area contributed by atoms with Crippen molar-refractivity contribution >= 4 is 51.3 Å². The normalized spacial score (nSPS) is 12.2. The number of para-hydroxylation sites is 1. The Morgan fingerprint density at radius 2 is 1.44 bits per heavy atom. The third-order valence-electron chi connectivity index (χ3n) is 7.39. The fraction of sp³-hybridized carbons (Fsp3) is 0. The second kappa shape index (κ2) is 9.50. The van der Waals surface area contributed by atoms with E-state index in [-0.39, 0.29) is 0 Å². The maximum atomic E-state index is 6.15. The Hall–Kier alpha value is -5.68. The van der Waals surface area contributed by atoms with Gasteiger partial charge in [-0.15, -0.1) is 0 Å². The summed E-state index contributed by atoms with van der Waals surface area (Å²) in [4.78, 5) is 11.3. The number of fused-ring (bicyclic) bond motifs is 5. The van der Waals surface area contributed by atoms with Gasteiger partial charge in [-0.05, 0) is 76.9 Å². The van der Waals surface area contributed by atoms with E-state index in [1.54, 1.807) is 6.20 Å². The molecule has 5 heteroatoms. The van der Waals surface area contributed by atoms with E-state index in [2.05, 4.69) is 93.7 Å². The minimum atomic E-state index is 0.555. The second-order valence-electron chi connectivity index (χ2n) is 9.90. The van der Waals surface area contributed by atoms with E-state index in [9.17, 15) is 0 Å². The van der Waals surface area contributed by atoms with E-state index >= 15 is 0 Å². The maximum Gasteiger partial charge on any atom is 0.219 e. The van der Waals surface area contributed by atoms with Crippen LogP contribution in [0.3, 0.4) is 0 Å². The van der Waals surface area contributed by atoms with Gasteiger partial charge in [0.2, 0.25) is 5.88 Å². The van der Waals surface area contributed by atoms with Gasteiger partial charge in [0.15, 0.2) is 5.58 Å². The largest absolute Gasteiger partial charge is 0.454 e. The van der Waals surface area contributed by atoms with Crippen LogP contribution in [-0.2, 0) is 0 Å². The summed E-state index contributed by atoms with van der Waals surface area (Å²) in [5, 5.41) is 1.02. The van der Waals surface area contributed by atoms with Gasteiger partial charge in [0.25, 0.3) is 0 Å². The topological polar surface area (TPSA) is 51.4 Å². The second-order valence-corrected chi connectivity index (χ2v) is 9.90. The first-order valence-electron chi connectivity index (χ1n) is 13.5. The minimum absolute atomic E-state index is 0.555. The van der Waals surface area contributed by atoms with E-state index in [4.69, 9.17) is 9.15 Å². The summed E-state index contributed by atoms with van der Waals surface area (Å²) in [5.41, 5.74) is 10.0. The minimum Gasteiger partial charge on any atom is -0.454 e. The van der Waals surface area contributed by atoms with Crippen molar-refractivity contribution in [1.29, 1.82) is 0 Å². The van der Waals surface area contributed by atoms with E-state index in [1.165, 1.54) is 0 Å². The van der Waals surface area contributed by atoms with Crippen molar-refractivity contribution in [1.82, 2.24) is 9.97 Å². The zero-order valence-electron chi connectivity index (χ0n) is 21.9. The van der Waals surface area contributed by atoms with Crippen LogP contribution in [0.5, 0.6) is 11.6 Å². The monoisotopic (exact) mass is 529 g/mol. The Morgan fingerprint density at radius 3 is 2.37 bits per heavy atom. The first-order valence-corrected chi connectivity index (χ1v) is 13.5. The number of hydrogen-bond donors (Lipinski definition) is 0. The fourth-order valence-electron chi connectivity index (χ4n) is 5.56. The van der Waals surface area contributed by atoms with Crippen LogP contribution in [0.1, 0.15) is 11.1 Å². The number of furan rings is 1. The van der Waals surface area contributed by atoms with Crippen LogP contribution in [-0.4, -0.2) is 9.97 Å². The van der Waals surface area contributed by atoms with E-state index in [1.807, 2.05) is 54.7 Å². The van der Waals surface area contributed by atoms with Gasteiger partial charge in [0.05, 0.1) is 16.8 Å². The lowest BCUT2D eigenvalue weighted by atomic mass is 9.99. The van der Waals surface area contributed by atoms with Crippen molar-refractivity contribution in [3.05, 3.63) is 139 Å². The smallest absolute Gasteiger partial charge is 0.219 e. The molecule has 0 N–H and O–H groups in total. The number of nitrogens with zero attached hydrogens (tertiary/aromatic N) is 3. The summed E-state index contributed by atoms with van der Waals surface area (Å²) in [5.74, 6) is 1.27. The lowest BCUT2D eigenvalue weighted by Crippen LogP contribution is -2.12. The third-order valence-corrected chi connectivity index (χ3v) is 7.39. The molecule has 0 bridgehead atoms. The first kappa shape index (κ1) is 23.2. The summed E-state index contributed by atoms with van der Waals surface area (Å²) in [7, 11) is 0. The van der Waals surface area contributed by atoms with Crippen LogP contribution in [0.2, 0.25) is 0 Å². The standard InChI is InChI=1S/C36H23N3O2/c1-2-12-30-24(8-1)16-17-25-18-19-28(40-34-15-3-4-20-37-34)23-31(25)39(30)27-10-5-9-26(22-27)29-11-6-13-32-35(29)36-33(41-32)14-7-21-38-36/h1-23H. The number of hydrogen-bond acceptors (Lipinski definition) is 5. The molecule has 0 unspecified atom stereocenters. The lowest BCUT2D eigenvalue weighted by Gasteiger charge is -2.28. The molecule has 4 aromatic carbocycles. The van der Waals surface area contributed by atoms with Crippen LogP contribution in [0.25, 0.3) is 45.3 Å². The quantitative estimate of drug-likeness (QED) is 0.227. The molecule has 0 atom stereocenters. The van der Waals surface area contributed by atoms with Crippen molar-refractivity contribution in [2.75, 3.05) is 4.90 Å². The van der Waals surface area contributed by atoms with E-state index in [0.717, 1.165) is 67.1 Å². The van der Waals surface area contributed by atoms with Crippen molar-refractivity contribution in [3.63, 3.8) is 0 Å². The average molecular weight is 530 g/mol. The zero-order valence-corrected chi connectivity index (χ0v) is 21.9. The lowest BCUT2D eigenvalue weighted by molar-refractivity contribution is 0.463. The molecule has 1 aliphatic heterocycles. The molecule has 41 heavy (non-hydrogen) atoms. The number of aromatic nitrogens is 2. The molecule has 0 fully saturated rings. The SMILES string of the molecule is C1=Cc2ccc(Oc3ccccn3)cc2N(c2cccc(-c3cccc4oc5cccnc5c34)c2)c2ccccc21. The molecular weight excluding hydrogens is 506 g/mol. The summed E-state index contributed by atoms with van der Waals surface area (Å²) < 4.78 is 12.3. The summed E-state index contributed by atoms with van der Waals surface area (Å²) in [6.07, 6.45) is 7.87. The molecular formula is C36H23N3O2. The Bertz CT molecular complexity index is 2100. The molecule has 0 saturated heterocycles. The molecule has 194 valence electrons. The highest BCUT2D eigenvalue weighted by Crippen LogP contribution is 2.45. The van der Waals surface area contributed by atoms with E-state index in [0.29, 0.717) is 5.88 Å². The van der Waals surface area contributed by atoms with Gasteiger partial charge in [0, 0.05) is 30.2 Å².